The predicted molar refractivity (Wildman–Crippen MR) is 32.3 cm³/mol. The summed E-state index contributed by atoms with van der Waals surface area (Å²) in [5.41, 5.74) is 0. The minimum absolute atomic E-state index is 0. The molecule has 0 atom stereocenters. The van der Waals surface area contributed by atoms with Crippen LogP contribution in [0.1, 0.15) is 13.8 Å². The van der Waals surface area contributed by atoms with Crippen LogP contribution in [0.25, 0.3) is 0 Å². The van der Waals surface area contributed by atoms with Gasteiger partial charge in [-0.1, -0.05) is 0 Å². The van der Waals surface area contributed by atoms with Crippen LogP contribution in [0.4, 0.5) is 0 Å². The smallest absolute Gasteiger partial charge is 0.737 e. The monoisotopic (exact) mass is 155 g/mol. The Kier molecular flexibility index (Phi) is 9.00. The molecule has 0 amide bonds. The largest absolute Gasteiger partial charge is 1.00 e. The molecule has 0 saturated heterocycles. The third-order valence-corrected chi connectivity index (χ3v) is 1.04. The van der Waals surface area contributed by atoms with E-state index in [-0.39, 0.29) is 34.5 Å². The van der Waals surface area contributed by atoms with Crippen molar-refractivity contribution in [1.82, 2.24) is 5.01 Å². The second-order valence-corrected chi connectivity index (χ2v) is 1.47. The molecule has 5 nitrogen and oxygen atoms in total. The Bertz CT molecular complexity index is 105. The Labute approximate surface area is 82.1 Å². The predicted octanol–water partition coefficient (Wildman–Crippen LogP) is -2.29. The maximum Gasteiger partial charge on any atom is 1.00 e. The second-order valence-electron chi connectivity index (χ2n) is 1.47. The van der Waals surface area contributed by atoms with E-state index in [0.717, 1.165) is 0 Å². The first-order valence-corrected chi connectivity index (χ1v) is 2.81. The van der Waals surface area contributed by atoms with Crippen LogP contribution < -0.4 is 29.6 Å². The molecule has 6 heteroatoms. The van der Waals surface area contributed by atoms with E-state index in [4.69, 9.17) is 0 Å². The molecule has 0 saturated carbocycles. The minimum atomic E-state index is 0. The maximum absolute atomic E-state index is 10.3. The zero-order valence-corrected chi connectivity index (χ0v) is 8.57. The Morgan fingerprint density at radius 3 is 1.90 bits per heavy atom. The first kappa shape index (κ1) is 12.7. The average molecular weight is 155 g/mol. The topological polar surface area (TPSA) is 64.7 Å². The third-order valence-electron chi connectivity index (χ3n) is 1.04. The standard InChI is InChI=1S/C4H11N3O2.Na/c1-3-6(4-2)7(9)5-8;/h8H,3-4H2,1-2H3;/q;+1/p-1. The number of hydrogen-bond acceptors (Lipinski definition) is 3. The van der Waals surface area contributed by atoms with E-state index in [1.54, 1.807) is 13.8 Å². The van der Waals surface area contributed by atoms with E-state index in [0.29, 0.717) is 13.1 Å². The van der Waals surface area contributed by atoms with Gasteiger partial charge in [-0.2, -0.15) is 5.01 Å². The molecule has 0 aromatic rings. The third kappa shape index (κ3) is 3.92. The molecule has 54 valence electrons. The number of hydrogen-bond donors (Lipinski definition) is 0. The molecule has 10 heavy (non-hydrogen) atoms. The van der Waals surface area contributed by atoms with Crippen molar-refractivity contribution in [3.05, 3.63) is 10.4 Å². The van der Waals surface area contributed by atoms with Crippen molar-refractivity contribution in [3.63, 3.8) is 0 Å². The van der Waals surface area contributed by atoms with Crippen LogP contribution in [0.5, 0.6) is 0 Å². The molecule has 0 N–H and O–H groups in total. The van der Waals surface area contributed by atoms with Crippen LogP contribution in [0, 0.1) is 10.4 Å². The Hall–Kier alpha value is 0. The summed E-state index contributed by atoms with van der Waals surface area (Å²) in [4.78, 5) is 0.0556. The molecular weight excluding hydrogens is 145 g/mol. The molecule has 0 bridgehead atoms. The molecule has 0 spiro atoms. The van der Waals surface area contributed by atoms with Gasteiger partial charge in [0.15, 0.2) is 0 Å². The van der Waals surface area contributed by atoms with Gasteiger partial charge in [0, 0.05) is 4.97 Å². The number of nitrogens with zero attached hydrogens (tertiary/aromatic N) is 3. The van der Waals surface area contributed by atoms with Crippen LogP contribution in [-0.4, -0.2) is 23.1 Å². The second kappa shape index (κ2) is 7.11. The van der Waals surface area contributed by atoms with Crippen LogP contribution in [0.3, 0.4) is 0 Å². The van der Waals surface area contributed by atoms with Crippen LogP contribution in [-0.2, 0) is 0 Å². The van der Waals surface area contributed by atoms with Crippen LogP contribution in [0.2, 0.25) is 0 Å². The SMILES string of the molecule is CCN(CC)[N+]([O-])=N[O-].[Na+]. The zero-order valence-electron chi connectivity index (χ0n) is 6.57. The van der Waals surface area contributed by atoms with Crippen molar-refractivity contribution in [3.8, 4) is 0 Å². The fraction of sp³-hybridized carbons (Fsp3) is 1.00. The van der Waals surface area contributed by atoms with Gasteiger partial charge in [-0.05, 0) is 19.1 Å². The fourth-order valence-electron chi connectivity index (χ4n) is 0.517. The van der Waals surface area contributed by atoms with Gasteiger partial charge in [0.05, 0.1) is 13.1 Å². The van der Waals surface area contributed by atoms with Gasteiger partial charge < -0.3 is 10.4 Å². The molecular formula is C4H10N3NaO2. The summed E-state index contributed by atoms with van der Waals surface area (Å²) in [7, 11) is 0. The summed E-state index contributed by atoms with van der Waals surface area (Å²) in [6.07, 6.45) is 0. The van der Waals surface area contributed by atoms with Gasteiger partial charge in [0.1, 0.15) is 0 Å². The van der Waals surface area contributed by atoms with Gasteiger partial charge >= 0.3 is 29.6 Å². The van der Waals surface area contributed by atoms with Crippen molar-refractivity contribution >= 4 is 0 Å². The molecule has 0 rings (SSSR count). The van der Waals surface area contributed by atoms with E-state index in [1.165, 1.54) is 5.01 Å². The van der Waals surface area contributed by atoms with Crippen molar-refractivity contribution in [2.75, 3.05) is 13.1 Å². The summed E-state index contributed by atoms with van der Waals surface area (Å²) < 4.78 is 0. The van der Waals surface area contributed by atoms with Gasteiger partial charge in [-0.15, -0.1) is 0 Å². The van der Waals surface area contributed by atoms with Crippen molar-refractivity contribution in [2.24, 2.45) is 5.28 Å². The molecule has 0 heterocycles. The average Bonchev–Trinajstić information content (AvgIpc) is 1.90. The van der Waals surface area contributed by atoms with Crippen LogP contribution in [0.15, 0.2) is 5.28 Å². The molecule has 0 aromatic heterocycles. The first-order chi connectivity index (χ1) is 4.26. The van der Waals surface area contributed by atoms with Crippen LogP contribution >= 0.6 is 0 Å². The summed E-state index contributed by atoms with van der Waals surface area (Å²) in [5, 5.41) is 23.4. The summed E-state index contributed by atoms with van der Waals surface area (Å²) in [6, 6.07) is 0. The Morgan fingerprint density at radius 1 is 1.40 bits per heavy atom. The van der Waals surface area contributed by atoms with E-state index in [9.17, 15) is 10.4 Å². The van der Waals surface area contributed by atoms with Crippen molar-refractivity contribution < 1.29 is 34.5 Å². The number of rotatable bonds is 3. The summed E-state index contributed by atoms with van der Waals surface area (Å²) >= 11 is 0. The number of hydrazine groups is 1. The van der Waals surface area contributed by atoms with Crippen molar-refractivity contribution in [2.45, 2.75) is 13.8 Å². The quantitative estimate of drug-likeness (QED) is 0.199. The molecule has 0 unspecified atom stereocenters. The molecule has 0 aromatic carbocycles. The molecule has 0 aliphatic heterocycles. The molecule has 0 aliphatic carbocycles. The zero-order chi connectivity index (χ0) is 7.28. The maximum atomic E-state index is 10.3. The van der Waals surface area contributed by atoms with E-state index < -0.39 is 0 Å². The molecule has 0 aliphatic rings. The fourth-order valence-corrected chi connectivity index (χ4v) is 0.517. The molecule has 0 fully saturated rings. The minimum Gasteiger partial charge on any atom is -0.737 e. The van der Waals surface area contributed by atoms with Gasteiger partial charge in [-0.25, -0.2) is 0 Å². The first-order valence-electron chi connectivity index (χ1n) is 2.81. The van der Waals surface area contributed by atoms with Crippen molar-refractivity contribution in [1.29, 1.82) is 0 Å². The normalized spacial score (nSPS) is 10.4. The van der Waals surface area contributed by atoms with E-state index in [1.807, 2.05) is 0 Å². The Balaban J connectivity index is 0. The van der Waals surface area contributed by atoms with E-state index in [2.05, 4.69) is 5.28 Å². The Morgan fingerprint density at radius 2 is 1.80 bits per heavy atom. The van der Waals surface area contributed by atoms with Gasteiger partial charge in [0.25, 0.3) is 0 Å². The van der Waals surface area contributed by atoms with Gasteiger partial charge in [-0.3, -0.25) is 0 Å². The summed E-state index contributed by atoms with van der Waals surface area (Å²) in [5.74, 6) is 0. The molecule has 0 radical (unpaired) electrons. The van der Waals surface area contributed by atoms with E-state index >= 15 is 0 Å². The summed E-state index contributed by atoms with van der Waals surface area (Å²) in [6.45, 7) is 4.57. The van der Waals surface area contributed by atoms with Gasteiger partial charge in [0.2, 0.25) is 0 Å².